The van der Waals surface area contributed by atoms with Gasteiger partial charge in [-0.25, -0.2) is 0 Å². The van der Waals surface area contributed by atoms with Gasteiger partial charge in [0.25, 0.3) is 0 Å². The molecule has 0 fully saturated rings. The van der Waals surface area contributed by atoms with Crippen LogP contribution in [0, 0.1) is 21.7 Å². The van der Waals surface area contributed by atoms with Gasteiger partial charge < -0.3 is 19.7 Å². The zero-order valence-electron chi connectivity index (χ0n) is 27.3. The molecule has 0 spiro atoms. The number of esters is 2. The second-order valence-electron chi connectivity index (χ2n) is 15.4. The molecule has 228 valence electrons. The van der Waals surface area contributed by atoms with Crippen molar-refractivity contribution in [2.75, 3.05) is 6.79 Å². The first kappa shape index (κ1) is 34.2. The van der Waals surface area contributed by atoms with Crippen molar-refractivity contribution in [3.63, 3.8) is 0 Å². The first-order chi connectivity index (χ1) is 18.5. The minimum absolute atomic E-state index is 0.0732. The van der Waals surface area contributed by atoms with E-state index in [1.165, 1.54) is 0 Å². The van der Waals surface area contributed by atoms with E-state index in [1.807, 2.05) is 24.3 Å². The Morgan fingerprint density at radius 2 is 0.756 bits per heavy atom. The van der Waals surface area contributed by atoms with Crippen molar-refractivity contribution in [1.29, 1.82) is 0 Å². The van der Waals surface area contributed by atoms with E-state index in [1.54, 1.807) is 24.3 Å². The van der Waals surface area contributed by atoms with E-state index in [0.29, 0.717) is 0 Å². The molecule has 6 nitrogen and oxygen atoms in total. The van der Waals surface area contributed by atoms with Gasteiger partial charge in [-0.2, -0.15) is 0 Å². The monoisotopic (exact) mass is 568 g/mol. The predicted molar refractivity (Wildman–Crippen MR) is 164 cm³/mol. The fraction of sp³-hybridized carbons (Fsp3) is 0.600. The van der Waals surface area contributed by atoms with E-state index in [2.05, 4.69) is 83.1 Å². The van der Waals surface area contributed by atoms with Gasteiger partial charge in [0.05, 0.1) is 12.8 Å². The Hall–Kier alpha value is -3.02. The number of hydrogen-bond donors (Lipinski definition) is 2. The molecule has 41 heavy (non-hydrogen) atoms. The van der Waals surface area contributed by atoms with Crippen LogP contribution in [0.3, 0.4) is 0 Å². The molecule has 0 heterocycles. The summed E-state index contributed by atoms with van der Waals surface area (Å²) in [6.45, 7) is 24.7. The summed E-state index contributed by atoms with van der Waals surface area (Å²) in [5.74, 6) is -0.609. The highest BCUT2D eigenvalue weighted by molar-refractivity contribution is 5.74. The maximum atomic E-state index is 13.3. The molecule has 0 aromatic heterocycles. The molecular weight excluding hydrogens is 516 g/mol. The number of ether oxygens (including phenoxy) is 2. The van der Waals surface area contributed by atoms with Crippen LogP contribution in [0.1, 0.15) is 107 Å². The molecule has 0 bridgehead atoms. The lowest BCUT2D eigenvalue weighted by Gasteiger charge is -2.54. The van der Waals surface area contributed by atoms with Gasteiger partial charge in [0, 0.05) is 10.8 Å². The first-order valence-electron chi connectivity index (χ1n) is 14.4. The third-order valence-electron chi connectivity index (χ3n) is 9.10. The highest BCUT2D eigenvalue weighted by Gasteiger charge is 2.54. The highest BCUT2D eigenvalue weighted by atomic mass is 16.7. The summed E-state index contributed by atoms with van der Waals surface area (Å²) in [4.78, 5) is 26.7. The van der Waals surface area contributed by atoms with Gasteiger partial charge in [-0.1, -0.05) is 107 Å². The van der Waals surface area contributed by atoms with Crippen molar-refractivity contribution in [2.24, 2.45) is 21.7 Å². The van der Waals surface area contributed by atoms with Crippen molar-refractivity contribution in [3.8, 4) is 11.5 Å². The standard InChI is InChI=1S/C35H52O6/c1-30(2,3)34(31(4,5)6,24-13-17-26(36)18-14-24)21-28(38)40-23-41-29(39)22-35(32(7,8)9,33(10,11)12)25-15-19-27(37)20-16-25/h13-20,36-37H,21-23H2,1-12H3. The van der Waals surface area contributed by atoms with E-state index < -0.39 is 29.6 Å². The average molecular weight is 569 g/mol. The maximum absolute atomic E-state index is 13.3. The molecule has 2 aromatic carbocycles. The number of carbonyl (C=O) groups is 2. The molecule has 2 aromatic rings. The van der Waals surface area contributed by atoms with E-state index >= 15 is 0 Å². The van der Waals surface area contributed by atoms with Gasteiger partial charge in [0.1, 0.15) is 11.5 Å². The Morgan fingerprint density at radius 1 is 0.512 bits per heavy atom. The predicted octanol–water partition coefficient (Wildman–Crippen LogP) is 8.28. The largest absolute Gasteiger partial charge is 0.508 e. The first-order valence-corrected chi connectivity index (χ1v) is 14.4. The Bertz CT molecular complexity index is 1060. The zero-order chi connectivity index (χ0) is 31.7. The molecule has 0 unspecified atom stereocenters. The van der Waals surface area contributed by atoms with Gasteiger partial charge in [0.2, 0.25) is 6.79 Å². The number of rotatable bonds is 8. The molecular formula is C35H52O6. The maximum Gasteiger partial charge on any atom is 0.309 e. The molecule has 0 saturated heterocycles. The lowest BCUT2D eigenvalue weighted by atomic mass is 9.50. The minimum Gasteiger partial charge on any atom is -0.508 e. The van der Waals surface area contributed by atoms with Crippen molar-refractivity contribution in [3.05, 3.63) is 59.7 Å². The van der Waals surface area contributed by atoms with Crippen LogP contribution in [0.5, 0.6) is 11.5 Å². The summed E-state index contributed by atoms with van der Waals surface area (Å²) >= 11 is 0. The SMILES string of the molecule is CC(C)(C)C(CC(=O)OCOC(=O)CC(c1ccc(O)cc1)(C(C)(C)C)C(C)(C)C)(c1ccc(O)cc1)C(C)(C)C. The normalized spacial score (nSPS) is 13.6. The fourth-order valence-corrected chi connectivity index (χ4v) is 7.43. The zero-order valence-corrected chi connectivity index (χ0v) is 27.3. The summed E-state index contributed by atoms with van der Waals surface area (Å²) in [5.41, 5.74) is -0.802. The Kier molecular flexibility index (Phi) is 9.75. The molecule has 0 aliphatic heterocycles. The summed E-state index contributed by atoms with van der Waals surface area (Å²) in [6, 6.07) is 14.0. The third-order valence-corrected chi connectivity index (χ3v) is 9.10. The van der Waals surface area contributed by atoms with Crippen LogP contribution in [-0.2, 0) is 29.9 Å². The number of phenols is 2. The quantitative estimate of drug-likeness (QED) is 0.246. The summed E-state index contributed by atoms with van der Waals surface area (Å²) in [7, 11) is 0. The van der Waals surface area contributed by atoms with Crippen molar-refractivity contribution in [1.82, 2.24) is 0 Å². The van der Waals surface area contributed by atoms with Crippen molar-refractivity contribution >= 4 is 11.9 Å². The highest BCUT2D eigenvalue weighted by Crippen LogP contribution is 2.57. The van der Waals surface area contributed by atoms with Crippen LogP contribution in [0.15, 0.2) is 48.5 Å². The van der Waals surface area contributed by atoms with Gasteiger partial charge in [-0.05, 0) is 57.1 Å². The molecule has 0 aliphatic carbocycles. The lowest BCUT2D eigenvalue weighted by Crippen LogP contribution is -2.52. The summed E-state index contributed by atoms with van der Waals surface area (Å²) in [5, 5.41) is 19.8. The van der Waals surface area contributed by atoms with Crippen LogP contribution in [0.4, 0.5) is 0 Å². The van der Waals surface area contributed by atoms with Crippen LogP contribution in [0.25, 0.3) is 0 Å². The van der Waals surface area contributed by atoms with E-state index in [4.69, 9.17) is 9.47 Å². The third kappa shape index (κ3) is 6.90. The average Bonchev–Trinajstić information content (AvgIpc) is 2.79. The molecule has 0 radical (unpaired) electrons. The van der Waals surface area contributed by atoms with Crippen LogP contribution in [0.2, 0.25) is 0 Å². The van der Waals surface area contributed by atoms with Crippen molar-refractivity contribution < 1.29 is 29.3 Å². The topological polar surface area (TPSA) is 93.1 Å². The van der Waals surface area contributed by atoms with E-state index in [0.717, 1.165) is 11.1 Å². The molecule has 0 atom stereocenters. The number of carbonyl (C=O) groups excluding carboxylic acids is 2. The molecule has 2 rings (SSSR count). The van der Waals surface area contributed by atoms with E-state index in [9.17, 15) is 19.8 Å². The molecule has 0 amide bonds. The molecule has 0 aliphatic rings. The molecule has 0 saturated carbocycles. The van der Waals surface area contributed by atoms with Gasteiger partial charge in [-0.3, -0.25) is 9.59 Å². The minimum atomic E-state index is -0.638. The lowest BCUT2D eigenvalue weighted by molar-refractivity contribution is -0.172. The smallest absolute Gasteiger partial charge is 0.309 e. The number of aromatic hydroxyl groups is 2. The Morgan fingerprint density at radius 3 is 0.976 bits per heavy atom. The second kappa shape index (κ2) is 11.7. The molecule has 6 heteroatoms. The molecule has 2 N–H and O–H groups in total. The summed E-state index contributed by atoms with van der Waals surface area (Å²) in [6.07, 6.45) is 0.146. The van der Waals surface area contributed by atoms with E-state index in [-0.39, 0.29) is 46.0 Å². The number of hydrogen-bond acceptors (Lipinski definition) is 6. The second-order valence-corrected chi connectivity index (χ2v) is 15.4. The van der Waals surface area contributed by atoms with Crippen LogP contribution >= 0.6 is 0 Å². The Balaban J connectivity index is 2.29. The number of phenolic OH excluding ortho intramolecular Hbond substituents is 2. The fourth-order valence-electron chi connectivity index (χ4n) is 7.43. The van der Waals surface area contributed by atoms with Crippen molar-refractivity contribution in [2.45, 2.75) is 107 Å². The van der Waals surface area contributed by atoms with Gasteiger partial charge in [-0.15, -0.1) is 0 Å². The van der Waals surface area contributed by atoms with Gasteiger partial charge >= 0.3 is 11.9 Å². The van der Waals surface area contributed by atoms with Crippen LogP contribution in [-0.4, -0.2) is 28.9 Å². The number of benzene rings is 2. The van der Waals surface area contributed by atoms with Crippen LogP contribution < -0.4 is 0 Å². The van der Waals surface area contributed by atoms with Gasteiger partial charge in [0.15, 0.2) is 0 Å². The summed E-state index contributed by atoms with van der Waals surface area (Å²) < 4.78 is 11.1. The Labute approximate surface area is 247 Å².